The lowest BCUT2D eigenvalue weighted by molar-refractivity contribution is -0.138. The molecule has 0 aromatic rings. The number of carbonyl (C=O) groups is 2. The van der Waals surface area contributed by atoms with E-state index in [2.05, 4.69) is 5.48 Å². The zero-order valence-corrected chi connectivity index (χ0v) is 11.9. The van der Waals surface area contributed by atoms with E-state index < -0.39 is 0 Å². The zero-order valence-electron chi connectivity index (χ0n) is 11.9. The number of rotatable bonds is 5. The molecule has 2 aliphatic rings. The Kier molecular flexibility index (Phi) is 4.80. The van der Waals surface area contributed by atoms with Gasteiger partial charge in [-0.3, -0.25) is 14.4 Å². The maximum Gasteiger partial charge on any atom is 0.248 e. The first-order valence-corrected chi connectivity index (χ1v) is 7.29. The molecule has 1 unspecified atom stereocenters. The lowest BCUT2D eigenvalue weighted by Crippen LogP contribution is -2.37. The van der Waals surface area contributed by atoms with Crippen LogP contribution in [0.15, 0.2) is 0 Å². The molecule has 2 rings (SSSR count). The Hall–Kier alpha value is -1.10. The molecule has 1 aliphatic heterocycles. The Morgan fingerprint density at radius 2 is 2.11 bits per heavy atom. The van der Waals surface area contributed by atoms with Crippen LogP contribution in [0.3, 0.4) is 0 Å². The molecule has 0 radical (unpaired) electrons. The highest BCUT2D eigenvalue weighted by atomic mass is 16.6. The first-order valence-electron chi connectivity index (χ1n) is 7.29. The zero-order chi connectivity index (χ0) is 13.8. The Morgan fingerprint density at radius 1 is 1.42 bits per heavy atom. The van der Waals surface area contributed by atoms with Crippen LogP contribution >= 0.6 is 0 Å². The van der Waals surface area contributed by atoms with Crippen molar-refractivity contribution in [2.24, 2.45) is 11.8 Å². The quantitative estimate of drug-likeness (QED) is 0.768. The number of hydrogen-bond acceptors (Lipinski definition) is 3. The van der Waals surface area contributed by atoms with E-state index in [1.807, 2.05) is 18.7 Å². The van der Waals surface area contributed by atoms with Gasteiger partial charge in [-0.2, -0.15) is 0 Å². The van der Waals surface area contributed by atoms with Crippen molar-refractivity contribution in [3.05, 3.63) is 0 Å². The fourth-order valence-corrected chi connectivity index (χ4v) is 2.84. The van der Waals surface area contributed by atoms with Crippen molar-refractivity contribution in [3.8, 4) is 0 Å². The summed E-state index contributed by atoms with van der Waals surface area (Å²) in [6, 6.07) is 0.363. The molecule has 1 aliphatic carbocycles. The maximum absolute atomic E-state index is 12.0. The highest BCUT2D eigenvalue weighted by Crippen LogP contribution is 2.29. The predicted molar refractivity (Wildman–Crippen MR) is 71.0 cm³/mol. The van der Waals surface area contributed by atoms with Crippen LogP contribution in [0.1, 0.15) is 46.0 Å². The summed E-state index contributed by atoms with van der Waals surface area (Å²) in [6.45, 7) is 5.10. The fraction of sp³-hybridized carbons (Fsp3) is 0.857. The van der Waals surface area contributed by atoms with Crippen molar-refractivity contribution in [1.82, 2.24) is 10.4 Å². The van der Waals surface area contributed by atoms with Crippen LogP contribution in [-0.2, 0) is 14.4 Å². The summed E-state index contributed by atoms with van der Waals surface area (Å²) in [4.78, 5) is 30.9. The minimum atomic E-state index is -0.250. The Morgan fingerprint density at radius 3 is 2.74 bits per heavy atom. The SMILES string of the molecule is CC(C)CONC(=O)C1CC(=O)N(C2CCCC2)C1. The van der Waals surface area contributed by atoms with E-state index in [0.29, 0.717) is 31.5 Å². The normalized spacial score (nSPS) is 24.5. The maximum atomic E-state index is 12.0. The average Bonchev–Trinajstić information content (AvgIpc) is 2.96. The van der Waals surface area contributed by atoms with Crippen LogP contribution in [0.25, 0.3) is 0 Å². The second-order valence-corrected chi connectivity index (χ2v) is 6.06. The first-order chi connectivity index (χ1) is 9.08. The molecule has 1 saturated heterocycles. The second kappa shape index (κ2) is 6.37. The summed E-state index contributed by atoms with van der Waals surface area (Å²) in [7, 11) is 0. The third-order valence-corrected chi connectivity index (χ3v) is 3.88. The fourth-order valence-electron chi connectivity index (χ4n) is 2.84. The first kappa shape index (κ1) is 14.3. The van der Waals surface area contributed by atoms with Crippen molar-refractivity contribution in [3.63, 3.8) is 0 Å². The van der Waals surface area contributed by atoms with Gasteiger partial charge in [0.05, 0.1) is 12.5 Å². The molecule has 1 atom stereocenters. The van der Waals surface area contributed by atoms with E-state index in [9.17, 15) is 9.59 Å². The largest absolute Gasteiger partial charge is 0.339 e. The van der Waals surface area contributed by atoms with E-state index >= 15 is 0 Å². The Bertz CT molecular complexity index is 338. The molecule has 19 heavy (non-hydrogen) atoms. The van der Waals surface area contributed by atoms with Crippen molar-refractivity contribution in [2.45, 2.75) is 52.0 Å². The summed E-state index contributed by atoms with van der Waals surface area (Å²) < 4.78 is 0. The smallest absolute Gasteiger partial charge is 0.248 e. The van der Waals surface area contributed by atoms with Crippen LogP contribution in [-0.4, -0.2) is 35.9 Å². The molecular formula is C14H24N2O3. The molecule has 2 amide bonds. The van der Waals surface area contributed by atoms with Gasteiger partial charge < -0.3 is 4.90 Å². The number of hydroxylamine groups is 1. The molecule has 108 valence electrons. The minimum Gasteiger partial charge on any atom is -0.339 e. The minimum absolute atomic E-state index is 0.121. The van der Waals surface area contributed by atoms with E-state index in [4.69, 9.17) is 4.84 Å². The van der Waals surface area contributed by atoms with Crippen LogP contribution in [0.4, 0.5) is 0 Å². The summed E-state index contributed by atoms with van der Waals surface area (Å²) in [5, 5.41) is 0. The van der Waals surface area contributed by atoms with Gasteiger partial charge in [0.25, 0.3) is 0 Å². The van der Waals surface area contributed by atoms with E-state index in [0.717, 1.165) is 12.8 Å². The third-order valence-electron chi connectivity index (χ3n) is 3.88. The summed E-state index contributed by atoms with van der Waals surface area (Å²) >= 11 is 0. The number of nitrogens with zero attached hydrogens (tertiary/aromatic N) is 1. The number of nitrogens with one attached hydrogen (secondary N) is 1. The average molecular weight is 268 g/mol. The molecule has 1 saturated carbocycles. The van der Waals surface area contributed by atoms with Crippen LogP contribution in [0.2, 0.25) is 0 Å². The van der Waals surface area contributed by atoms with E-state index in [-0.39, 0.29) is 17.7 Å². The number of carbonyl (C=O) groups excluding carboxylic acids is 2. The van der Waals surface area contributed by atoms with Crippen molar-refractivity contribution < 1.29 is 14.4 Å². The van der Waals surface area contributed by atoms with Gasteiger partial charge in [-0.05, 0) is 18.8 Å². The van der Waals surface area contributed by atoms with Crippen LogP contribution in [0.5, 0.6) is 0 Å². The number of amides is 2. The van der Waals surface area contributed by atoms with Crippen molar-refractivity contribution >= 4 is 11.8 Å². The molecule has 1 heterocycles. The highest BCUT2D eigenvalue weighted by Gasteiger charge is 2.38. The number of hydrogen-bond donors (Lipinski definition) is 1. The highest BCUT2D eigenvalue weighted by molar-refractivity contribution is 5.89. The van der Waals surface area contributed by atoms with Gasteiger partial charge in [-0.25, -0.2) is 5.48 Å². The van der Waals surface area contributed by atoms with Crippen LogP contribution in [0, 0.1) is 11.8 Å². The molecule has 0 aromatic heterocycles. The Balaban J connectivity index is 1.79. The molecule has 1 N–H and O–H groups in total. The molecule has 0 aromatic carbocycles. The van der Waals surface area contributed by atoms with Gasteiger partial charge in [0.15, 0.2) is 0 Å². The van der Waals surface area contributed by atoms with Gasteiger partial charge >= 0.3 is 0 Å². The summed E-state index contributed by atoms with van der Waals surface area (Å²) in [6.07, 6.45) is 4.90. The lowest BCUT2D eigenvalue weighted by Gasteiger charge is -2.23. The topological polar surface area (TPSA) is 58.6 Å². The van der Waals surface area contributed by atoms with Crippen LogP contribution < -0.4 is 5.48 Å². The molecule has 0 spiro atoms. The summed E-state index contributed by atoms with van der Waals surface area (Å²) in [5.74, 6) is 0.0890. The second-order valence-electron chi connectivity index (χ2n) is 6.06. The van der Waals surface area contributed by atoms with Gasteiger partial charge in [-0.15, -0.1) is 0 Å². The molecule has 5 nitrogen and oxygen atoms in total. The van der Waals surface area contributed by atoms with Crippen molar-refractivity contribution in [2.75, 3.05) is 13.2 Å². The Labute approximate surface area is 114 Å². The third kappa shape index (κ3) is 3.69. The van der Waals surface area contributed by atoms with Gasteiger partial charge in [0, 0.05) is 19.0 Å². The molecular weight excluding hydrogens is 244 g/mol. The van der Waals surface area contributed by atoms with Crippen molar-refractivity contribution in [1.29, 1.82) is 0 Å². The molecule has 2 fully saturated rings. The lowest BCUT2D eigenvalue weighted by atomic mass is 10.1. The monoisotopic (exact) mass is 268 g/mol. The van der Waals surface area contributed by atoms with Gasteiger partial charge in [0.2, 0.25) is 11.8 Å². The molecule has 0 bridgehead atoms. The summed E-state index contributed by atoms with van der Waals surface area (Å²) in [5.41, 5.74) is 2.47. The van der Waals surface area contributed by atoms with E-state index in [1.165, 1.54) is 12.8 Å². The standard InChI is InChI=1S/C14H24N2O3/c1-10(2)9-19-15-14(18)11-7-13(17)16(8-11)12-5-3-4-6-12/h10-12H,3-9H2,1-2H3,(H,15,18). The predicted octanol–water partition coefficient (Wildman–Crippen LogP) is 1.48. The van der Waals surface area contributed by atoms with Gasteiger partial charge in [0.1, 0.15) is 0 Å². The number of likely N-dealkylation sites (tertiary alicyclic amines) is 1. The van der Waals surface area contributed by atoms with E-state index in [1.54, 1.807) is 0 Å². The van der Waals surface area contributed by atoms with Gasteiger partial charge in [-0.1, -0.05) is 26.7 Å². The molecule has 5 heteroatoms.